The normalized spacial score (nSPS) is 16.4. The zero-order valence-corrected chi connectivity index (χ0v) is 13.8. The lowest BCUT2D eigenvalue weighted by atomic mass is 9.94. The molecule has 4 heteroatoms. The highest BCUT2D eigenvalue weighted by Crippen LogP contribution is 2.27. The summed E-state index contributed by atoms with van der Waals surface area (Å²) in [7, 11) is 0. The van der Waals surface area contributed by atoms with Gasteiger partial charge in [-0.25, -0.2) is 0 Å². The average molecular weight is 349 g/mol. The number of rotatable bonds is 4. The molecule has 2 nitrogen and oxygen atoms in total. The molecule has 2 rings (SSSR count). The maximum atomic E-state index is 9.59. The Morgan fingerprint density at radius 1 is 1.26 bits per heavy atom. The van der Waals surface area contributed by atoms with E-state index in [9.17, 15) is 5.11 Å². The van der Waals surface area contributed by atoms with Gasteiger partial charge in [0.2, 0.25) is 0 Å². The molecule has 0 saturated heterocycles. The molecule has 0 aliphatic heterocycles. The van der Waals surface area contributed by atoms with Gasteiger partial charge in [-0.15, -0.1) is 12.4 Å². The van der Waals surface area contributed by atoms with Gasteiger partial charge in [-0.05, 0) is 43.1 Å². The lowest BCUT2D eigenvalue weighted by Crippen LogP contribution is -2.36. The Morgan fingerprint density at radius 3 is 2.58 bits per heavy atom. The van der Waals surface area contributed by atoms with Crippen LogP contribution in [0, 0.1) is 0 Å². The van der Waals surface area contributed by atoms with Crippen molar-refractivity contribution in [3.05, 3.63) is 28.2 Å². The number of hydrogen-bond acceptors (Lipinski definition) is 2. The van der Waals surface area contributed by atoms with Crippen molar-refractivity contribution in [1.29, 1.82) is 0 Å². The first-order chi connectivity index (χ1) is 8.70. The van der Waals surface area contributed by atoms with E-state index in [-0.39, 0.29) is 12.4 Å². The molecule has 1 N–H and O–H groups in total. The van der Waals surface area contributed by atoms with Crippen LogP contribution in [0.3, 0.4) is 0 Å². The molecule has 1 aromatic rings. The van der Waals surface area contributed by atoms with Crippen LogP contribution in [-0.4, -0.2) is 22.6 Å². The minimum Gasteiger partial charge on any atom is -0.508 e. The molecule has 19 heavy (non-hydrogen) atoms. The largest absolute Gasteiger partial charge is 0.508 e. The zero-order chi connectivity index (χ0) is 13.0. The summed E-state index contributed by atoms with van der Waals surface area (Å²) in [5.74, 6) is 0.355. The first-order valence-electron chi connectivity index (χ1n) is 6.92. The predicted octanol–water partition coefficient (Wildman–Crippen LogP) is 4.73. The fourth-order valence-electron chi connectivity index (χ4n) is 2.85. The smallest absolute Gasteiger partial charge is 0.115 e. The third kappa shape index (κ3) is 4.66. The Bertz CT molecular complexity index is 394. The maximum Gasteiger partial charge on any atom is 0.115 e. The summed E-state index contributed by atoms with van der Waals surface area (Å²) in [5, 5.41) is 9.59. The van der Waals surface area contributed by atoms with Crippen molar-refractivity contribution in [2.24, 2.45) is 0 Å². The molecule has 0 atom stereocenters. The molecule has 0 heterocycles. The molecule has 0 bridgehead atoms. The molecular formula is C15H23BrClNO. The third-order valence-corrected chi connectivity index (χ3v) is 4.67. The Morgan fingerprint density at radius 2 is 1.95 bits per heavy atom. The highest BCUT2D eigenvalue weighted by Gasteiger charge is 2.20. The first kappa shape index (κ1) is 16.8. The van der Waals surface area contributed by atoms with E-state index in [2.05, 4.69) is 27.8 Å². The third-order valence-electron chi connectivity index (χ3n) is 3.90. The lowest BCUT2D eigenvalue weighted by Gasteiger charge is -2.33. The molecule has 108 valence electrons. The Hall–Kier alpha value is -0.250. The molecule has 0 spiro atoms. The van der Waals surface area contributed by atoms with Crippen LogP contribution in [-0.2, 0) is 6.54 Å². The molecule has 1 saturated carbocycles. The van der Waals surface area contributed by atoms with Gasteiger partial charge in [0.15, 0.2) is 0 Å². The molecule has 1 aliphatic carbocycles. The van der Waals surface area contributed by atoms with E-state index in [1.807, 2.05) is 12.1 Å². The standard InChI is InChI=1S/C15H22BrNO.ClH/c1-2-17(13-6-4-3-5-7-13)11-12-10-14(18)8-9-15(12)16;/h8-10,13,18H,2-7,11H2,1H3;1H. The average Bonchev–Trinajstić information content (AvgIpc) is 2.41. The zero-order valence-electron chi connectivity index (χ0n) is 11.4. The monoisotopic (exact) mass is 347 g/mol. The van der Waals surface area contributed by atoms with Crippen LogP contribution >= 0.6 is 28.3 Å². The van der Waals surface area contributed by atoms with Crippen LogP contribution in [0.25, 0.3) is 0 Å². The van der Waals surface area contributed by atoms with Gasteiger partial charge in [-0.3, -0.25) is 4.90 Å². The summed E-state index contributed by atoms with van der Waals surface area (Å²) >= 11 is 3.57. The van der Waals surface area contributed by atoms with Crippen LogP contribution in [0.1, 0.15) is 44.6 Å². The summed E-state index contributed by atoms with van der Waals surface area (Å²) in [6.07, 6.45) is 6.77. The van der Waals surface area contributed by atoms with Crippen molar-refractivity contribution in [3.63, 3.8) is 0 Å². The number of benzene rings is 1. The fraction of sp³-hybridized carbons (Fsp3) is 0.600. The summed E-state index contributed by atoms with van der Waals surface area (Å²) in [6, 6.07) is 6.25. The number of aromatic hydroxyl groups is 1. The predicted molar refractivity (Wildman–Crippen MR) is 86.0 cm³/mol. The molecule has 0 amide bonds. The minimum absolute atomic E-state index is 0. The van der Waals surface area contributed by atoms with Crippen LogP contribution in [0.4, 0.5) is 0 Å². The summed E-state index contributed by atoms with van der Waals surface area (Å²) < 4.78 is 1.09. The topological polar surface area (TPSA) is 23.5 Å². The van der Waals surface area contributed by atoms with Gasteiger partial charge in [0.05, 0.1) is 0 Å². The van der Waals surface area contributed by atoms with Gasteiger partial charge >= 0.3 is 0 Å². The summed E-state index contributed by atoms with van der Waals surface area (Å²) in [5.41, 5.74) is 1.18. The number of nitrogens with zero attached hydrogens (tertiary/aromatic N) is 1. The van der Waals surface area contributed by atoms with Crippen LogP contribution in [0.15, 0.2) is 22.7 Å². The molecule has 0 aromatic heterocycles. The minimum atomic E-state index is 0. The number of phenols is 1. The van der Waals surface area contributed by atoms with Crippen molar-refractivity contribution in [2.75, 3.05) is 6.54 Å². The van der Waals surface area contributed by atoms with E-state index in [0.717, 1.165) is 23.6 Å². The SMILES string of the molecule is CCN(Cc1cc(O)ccc1Br)C1CCCCC1.Cl. The molecule has 1 fully saturated rings. The van der Waals surface area contributed by atoms with E-state index in [1.165, 1.54) is 37.7 Å². The number of halogens is 2. The van der Waals surface area contributed by atoms with Crippen molar-refractivity contribution < 1.29 is 5.11 Å². The second kappa shape index (κ2) is 8.13. The van der Waals surface area contributed by atoms with Crippen molar-refractivity contribution in [1.82, 2.24) is 4.90 Å². The second-order valence-electron chi connectivity index (χ2n) is 5.13. The summed E-state index contributed by atoms with van der Waals surface area (Å²) in [6.45, 7) is 4.23. The van der Waals surface area contributed by atoms with E-state index < -0.39 is 0 Å². The van der Waals surface area contributed by atoms with E-state index in [0.29, 0.717) is 5.75 Å². The number of phenolic OH excluding ortho intramolecular Hbond substituents is 1. The van der Waals surface area contributed by atoms with Crippen molar-refractivity contribution >= 4 is 28.3 Å². The lowest BCUT2D eigenvalue weighted by molar-refractivity contribution is 0.155. The van der Waals surface area contributed by atoms with Gasteiger partial charge in [0.1, 0.15) is 5.75 Å². The van der Waals surface area contributed by atoms with E-state index in [1.54, 1.807) is 6.07 Å². The Labute approximate surface area is 130 Å². The van der Waals surface area contributed by atoms with Gasteiger partial charge < -0.3 is 5.11 Å². The van der Waals surface area contributed by atoms with Gasteiger partial charge in [0.25, 0.3) is 0 Å². The Kier molecular flexibility index (Phi) is 7.19. The van der Waals surface area contributed by atoms with Crippen molar-refractivity contribution in [3.8, 4) is 5.75 Å². The van der Waals surface area contributed by atoms with Crippen LogP contribution in [0.2, 0.25) is 0 Å². The van der Waals surface area contributed by atoms with Crippen molar-refractivity contribution in [2.45, 2.75) is 51.6 Å². The highest BCUT2D eigenvalue weighted by molar-refractivity contribution is 9.10. The van der Waals surface area contributed by atoms with E-state index >= 15 is 0 Å². The Balaban J connectivity index is 0.00000180. The van der Waals surface area contributed by atoms with Gasteiger partial charge in [0, 0.05) is 17.1 Å². The van der Waals surface area contributed by atoms with Crippen LogP contribution < -0.4 is 0 Å². The molecule has 1 aromatic carbocycles. The molecule has 1 aliphatic rings. The van der Waals surface area contributed by atoms with E-state index in [4.69, 9.17) is 0 Å². The maximum absolute atomic E-state index is 9.59. The second-order valence-corrected chi connectivity index (χ2v) is 5.98. The van der Waals surface area contributed by atoms with Gasteiger partial charge in [-0.1, -0.05) is 42.1 Å². The molecule has 0 unspecified atom stereocenters. The molecular weight excluding hydrogens is 326 g/mol. The highest BCUT2D eigenvalue weighted by atomic mass is 79.9. The summed E-state index contributed by atoms with van der Waals surface area (Å²) in [4.78, 5) is 2.54. The number of hydrogen-bond donors (Lipinski definition) is 1. The van der Waals surface area contributed by atoms with Crippen LogP contribution in [0.5, 0.6) is 5.75 Å². The molecule has 0 radical (unpaired) electrons. The first-order valence-corrected chi connectivity index (χ1v) is 7.71. The van der Waals surface area contributed by atoms with Gasteiger partial charge in [-0.2, -0.15) is 0 Å². The quantitative estimate of drug-likeness (QED) is 0.850. The fourth-order valence-corrected chi connectivity index (χ4v) is 3.22.